The molecule has 0 saturated carbocycles. The Morgan fingerprint density at radius 2 is 1.71 bits per heavy atom. The van der Waals surface area contributed by atoms with E-state index in [9.17, 15) is 4.79 Å². The van der Waals surface area contributed by atoms with Crippen LogP contribution in [0, 0.1) is 6.92 Å². The van der Waals surface area contributed by atoms with Crippen molar-refractivity contribution in [2.45, 2.75) is 19.9 Å². The number of carbonyl (C=O) groups is 1. The molecular weight excluding hydrogens is 326 g/mol. The van der Waals surface area contributed by atoms with Crippen molar-refractivity contribution in [1.82, 2.24) is 4.90 Å². The van der Waals surface area contributed by atoms with E-state index in [0.717, 1.165) is 23.0 Å². The average Bonchev–Trinajstić information content (AvgIpc) is 2.50. The molecule has 1 amide bonds. The van der Waals surface area contributed by atoms with Gasteiger partial charge in [0.1, 0.15) is 0 Å². The molecule has 0 atom stereocenters. The average molecular weight is 346 g/mol. The van der Waals surface area contributed by atoms with Crippen molar-refractivity contribution < 1.29 is 4.79 Å². The van der Waals surface area contributed by atoms with Crippen LogP contribution in [-0.2, 0) is 17.8 Å². The fraction of sp³-hybridized carbons (Fsp3) is 0.278. The molecule has 0 unspecified atom stereocenters. The van der Waals surface area contributed by atoms with E-state index in [4.69, 9.17) is 0 Å². The van der Waals surface area contributed by atoms with Gasteiger partial charge in [-0.2, -0.15) is 0 Å². The summed E-state index contributed by atoms with van der Waals surface area (Å²) in [5.41, 5.74) is 3.44. The van der Waals surface area contributed by atoms with Crippen LogP contribution in [-0.4, -0.2) is 22.7 Å². The molecule has 3 heteroatoms. The molecule has 0 aromatic heterocycles. The molecule has 2 aromatic rings. The Bertz CT molecular complexity index is 583. The van der Waals surface area contributed by atoms with Crippen molar-refractivity contribution >= 4 is 21.8 Å². The summed E-state index contributed by atoms with van der Waals surface area (Å²) in [5.74, 6) is 0.174. The van der Waals surface area contributed by atoms with Crippen LogP contribution in [0.25, 0.3) is 0 Å². The quantitative estimate of drug-likeness (QED) is 0.725. The van der Waals surface area contributed by atoms with Crippen LogP contribution in [0.3, 0.4) is 0 Å². The van der Waals surface area contributed by atoms with Crippen molar-refractivity contribution in [2.24, 2.45) is 0 Å². The van der Waals surface area contributed by atoms with Gasteiger partial charge in [-0.3, -0.25) is 4.79 Å². The van der Waals surface area contributed by atoms with Crippen LogP contribution in [0.1, 0.15) is 16.7 Å². The van der Waals surface area contributed by atoms with Crippen molar-refractivity contribution in [2.75, 3.05) is 11.9 Å². The van der Waals surface area contributed by atoms with E-state index < -0.39 is 0 Å². The Balaban J connectivity index is 2.07. The number of hydrogen-bond acceptors (Lipinski definition) is 1. The lowest BCUT2D eigenvalue weighted by molar-refractivity contribution is -0.130. The van der Waals surface area contributed by atoms with Crippen LogP contribution in [0.2, 0.25) is 0 Å². The van der Waals surface area contributed by atoms with Crippen molar-refractivity contribution in [1.29, 1.82) is 0 Å². The van der Waals surface area contributed by atoms with Crippen molar-refractivity contribution in [3.8, 4) is 0 Å². The molecule has 2 rings (SSSR count). The van der Waals surface area contributed by atoms with Crippen LogP contribution >= 0.6 is 15.9 Å². The van der Waals surface area contributed by atoms with Gasteiger partial charge < -0.3 is 4.90 Å². The number of hydrogen-bond donors (Lipinski definition) is 0. The molecule has 2 nitrogen and oxygen atoms in total. The maximum Gasteiger partial charge on any atom is 0.227 e. The van der Waals surface area contributed by atoms with E-state index in [1.165, 1.54) is 5.56 Å². The molecule has 110 valence electrons. The number of rotatable bonds is 6. The first kappa shape index (κ1) is 15.8. The number of amides is 1. The zero-order valence-electron chi connectivity index (χ0n) is 12.3. The number of alkyl halides is 1. The van der Waals surface area contributed by atoms with E-state index in [1.54, 1.807) is 0 Å². The maximum atomic E-state index is 12.6. The second kappa shape index (κ2) is 7.99. The van der Waals surface area contributed by atoms with Gasteiger partial charge >= 0.3 is 0 Å². The van der Waals surface area contributed by atoms with Crippen LogP contribution < -0.4 is 0 Å². The van der Waals surface area contributed by atoms with Crippen molar-refractivity contribution in [3.63, 3.8) is 0 Å². The molecule has 2 aromatic carbocycles. The maximum absolute atomic E-state index is 12.6. The van der Waals surface area contributed by atoms with Crippen molar-refractivity contribution in [3.05, 3.63) is 71.3 Å². The van der Waals surface area contributed by atoms with E-state index in [2.05, 4.69) is 41.1 Å². The Hall–Kier alpha value is -1.61. The van der Waals surface area contributed by atoms with Gasteiger partial charge in [-0.25, -0.2) is 0 Å². The number of benzene rings is 2. The molecule has 0 N–H and O–H groups in total. The third-order valence-electron chi connectivity index (χ3n) is 3.53. The molecule has 0 heterocycles. The zero-order chi connectivity index (χ0) is 15.1. The number of aryl methyl sites for hydroxylation is 1. The molecule has 0 saturated heterocycles. The van der Waals surface area contributed by atoms with Gasteiger partial charge in [-0.1, -0.05) is 70.5 Å². The Labute approximate surface area is 134 Å². The molecule has 0 bridgehead atoms. The summed E-state index contributed by atoms with van der Waals surface area (Å²) in [5, 5.41) is 0.791. The summed E-state index contributed by atoms with van der Waals surface area (Å²) in [6.45, 7) is 3.44. The largest absolute Gasteiger partial charge is 0.337 e. The topological polar surface area (TPSA) is 20.3 Å². The highest BCUT2D eigenvalue weighted by molar-refractivity contribution is 9.09. The highest BCUT2D eigenvalue weighted by Gasteiger charge is 2.14. The Kier molecular flexibility index (Phi) is 6.00. The van der Waals surface area contributed by atoms with Gasteiger partial charge in [0.05, 0.1) is 6.42 Å². The molecule has 0 aliphatic heterocycles. The fourth-order valence-electron chi connectivity index (χ4n) is 2.28. The third-order valence-corrected chi connectivity index (χ3v) is 3.88. The lowest BCUT2D eigenvalue weighted by atomic mass is 10.1. The minimum Gasteiger partial charge on any atom is -0.337 e. The number of carbonyl (C=O) groups excluding carboxylic acids is 1. The van der Waals surface area contributed by atoms with Gasteiger partial charge in [0.25, 0.3) is 0 Å². The Morgan fingerprint density at radius 3 is 2.38 bits per heavy atom. The van der Waals surface area contributed by atoms with Gasteiger partial charge in [-0.15, -0.1) is 0 Å². The molecule has 0 spiro atoms. The van der Waals surface area contributed by atoms with E-state index in [1.807, 2.05) is 41.3 Å². The predicted molar refractivity (Wildman–Crippen MR) is 90.5 cm³/mol. The van der Waals surface area contributed by atoms with Gasteiger partial charge in [0.15, 0.2) is 0 Å². The molecule has 0 fully saturated rings. The summed E-state index contributed by atoms with van der Waals surface area (Å²) >= 11 is 3.44. The second-order valence-corrected chi connectivity index (χ2v) is 5.89. The van der Waals surface area contributed by atoms with Gasteiger partial charge in [-0.05, 0) is 23.6 Å². The minimum atomic E-state index is 0.174. The van der Waals surface area contributed by atoms with E-state index >= 15 is 0 Å². The van der Waals surface area contributed by atoms with Crippen LogP contribution in [0.5, 0.6) is 0 Å². The smallest absolute Gasteiger partial charge is 0.227 e. The highest BCUT2D eigenvalue weighted by Crippen LogP contribution is 2.12. The SMILES string of the molecule is Cc1ccccc1CC(=O)N(CCBr)Cc1ccccc1. The first-order valence-electron chi connectivity index (χ1n) is 7.13. The first-order chi connectivity index (χ1) is 10.2. The summed E-state index contributed by atoms with van der Waals surface area (Å²) in [6, 6.07) is 18.2. The number of halogens is 1. The standard InChI is InChI=1S/C18H20BrNO/c1-15-7-5-6-10-17(15)13-18(21)20(12-11-19)14-16-8-3-2-4-9-16/h2-10H,11-14H2,1H3. The fourth-order valence-corrected chi connectivity index (χ4v) is 2.71. The summed E-state index contributed by atoms with van der Waals surface area (Å²) < 4.78 is 0. The van der Waals surface area contributed by atoms with Crippen LogP contribution in [0.4, 0.5) is 0 Å². The molecule has 0 aliphatic carbocycles. The summed E-state index contributed by atoms with van der Waals surface area (Å²) in [7, 11) is 0. The number of nitrogens with zero attached hydrogens (tertiary/aromatic N) is 1. The molecule has 0 radical (unpaired) electrons. The monoisotopic (exact) mass is 345 g/mol. The van der Waals surface area contributed by atoms with Gasteiger partial charge in [0, 0.05) is 18.4 Å². The minimum absolute atomic E-state index is 0.174. The molecule has 21 heavy (non-hydrogen) atoms. The van der Waals surface area contributed by atoms with Gasteiger partial charge in [0.2, 0.25) is 5.91 Å². The van der Waals surface area contributed by atoms with E-state index in [0.29, 0.717) is 13.0 Å². The van der Waals surface area contributed by atoms with Crippen LogP contribution in [0.15, 0.2) is 54.6 Å². The Morgan fingerprint density at radius 1 is 1.05 bits per heavy atom. The second-order valence-electron chi connectivity index (χ2n) is 5.09. The summed E-state index contributed by atoms with van der Waals surface area (Å²) in [4.78, 5) is 14.5. The van der Waals surface area contributed by atoms with E-state index in [-0.39, 0.29) is 5.91 Å². The molecular formula is C18H20BrNO. The lowest BCUT2D eigenvalue weighted by Crippen LogP contribution is -2.33. The highest BCUT2D eigenvalue weighted by atomic mass is 79.9. The predicted octanol–water partition coefficient (Wildman–Crippen LogP) is 3.96. The summed E-state index contributed by atoms with van der Waals surface area (Å²) in [6.07, 6.45) is 0.465. The zero-order valence-corrected chi connectivity index (χ0v) is 13.8. The molecule has 0 aliphatic rings. The normalized spacial score (nSPS) is 10.4. The lowest BCUT2D eigenvalue weighted by Gasteiger charge is -2.22. The third kappa shape index (κ3) is 4.71. The first-order valence-corrected chi connectivity index (χ1v) is 8.25.